The summed E-state index contributed by atoms with van der Waals surface area (Å²) in [7, 11) is 0. The lowest BCUT2D eigenvalue weighted by Gasteiger charge is -2.38. The van der Waals surface area contributed by atoms with E-state index in [2.05, 4.69) is 17.5 Å². The summed E-state index contributed by atoms with van der Waals surface area (Å²) in [5.41, 5.74) is 1.80. The topological polar surface area (TPSA) is 66.5 Å². The molecule has 1 aromatic rings. The third kappa shape index (κ3) is 2.77. The van der Waals surface area contributed by atoms with Crippen molar-refractivity contribution >= 4 is 23.4 Å². The van der Waals surface area contributed by atoms with Gasteiger partial charge in [-0.05, 0) is 49.3 Å². The van der Waals surface area contributed by atoms with Crippen molar-refractivity contribution in [1.82, 2.24) is 4.90 Å². The lowest BCUT2D eigenvalue weighted by molar-refractivity contribution is -0.140. The molecule has 2 fully saturated rings. The number of nitrogens with one attached hydrogen (secondary N) is 1. The lowest BCUT2D eigenvalue weighted by atomic mass is 9.63. The van der Waals surface area contributed by atoms with E-state index in [4.69, 9.17) is 0 Å². The van der Waals surface area contributed by atoms with Crippen molar-refractivity contribution in [2.75, 3.05) is 11.9 Å². The summed E-state index contributed by atoms with van der Waals surface area (Å²) in [4.78, 5) is 38.9. The summed E-state index contributed by atoms with van der Waals surface area (Å²) in [6.07, 6.45) is 6.32. The van der Waals surface area contributed by atoms with Gasteiger partial charge in [0.15, 0.2) is 0 Å². The molecule has 2 bridgehead atoms. The van der Waals surface area contributed by atoms with Crippen LogP contribution in [0.25, 0.3) is 0 Å². The molecule has 4 atom stereocenters. The fourth-order valence-electron chi connectivity index (χ4n) is 4.52. The molecule has 4 aliphatic rings. The first kappa shape index (κ1) is 16.1. The highest BCUT2D eigenvalue weighted by Crippen LogP contribution is 2.49. The van der Waals surface area contributed by atoms with Gasteiger partial charge in [0.2, 0.25) is 17.7 Å². The number of likely N-dealkylation sites (tertiary alicyclic amines) is 1. The van der Waals surface area contributed by atoms with Crippen LogP contribution >= 0.6 is 0 Å². The Balaban J connectivity index is 1.39. The Morgan fingerprint density at radius 3 is 2.32 bits per heavy atom. The zero-order chi connectivity index (χ0) is 17.6. The van der Waals surface area contributed by atoms with Crippen molar-refractivity contribution in [3.8, 4) is 0 Å². The number of imide groups is 1. The number of hydrogen-bond acceptors (Lipinski definition) is 3. The van der Waals surface area contributed by atoms with Gasteiger partial charge in [0, 0.05) is 18.7 Å². The summed E-state index contributed by atoms with van der Waals surface area (Å²) >= 11 is 0. The van der Waals surface area contributed by atoms with Crippen LogP contribution in [0.3, 0.4) is 0 Å². The van der Waals surface area contributed by atoms with Crippen molar-refractivity contribution in [3.05, 3.63) is 42.0 Å². The Kier molecular flexibility index (Phi) is 3.94. The summed E-state index contributed by atoms with van der Waals surface area (Å²) in [6, 6.07) is 7.56. The van der Waals surface area contributed by atoms with Crippen LogP contribution in [0.5, 0.6) is 0 Å². The van der Waals surface area contributed by atoms with Crippen LogP contribution in [-0.4, -0.2) is 29.2 Å². The van der Waals surface area contributed by atoms with Crippen molar-refractivity contribution in [2.24, 2.45) is 23.7 Å². The smallest absolute Gasteiger partial charge is 0.233 e. The van der Waals surface area contributed by atoms with Crippen LogP contribution in [-0.2, 0) is 14.4 Å². The molecule has 5 rings (SSSR count). The molecular formula is C20H22N2O3. The van der Waals surface area contributed by atoms with Crippen molar-refractivity contribution in [2.45, 2.75) is 26.2 Å². The molecule has 0 aromatic heterocycles. The Hall–Kier alpha value is -2.43. The second-order valence-electron chi connectivity index (χ2n) is 7.34. The Bertz CT molecular complexity index is 738. The Morgan fingerprint density at radius 1 is 1.12 bits per heavy atom. The zero-order valence-electron chi connectivity index (χ0n) is 14.3. The molecule has 130 valence electrons. The summed E-state index contributed by atoms with van der Waals surface area (Å²) in [5.74, 6) is -0.362. The molecule has 1 saturated carbocycles. The van der Waals surface area contributed by atoms with Crippen LogP contribution in [0.4, 0.5) is 5.69 Å². The van der Waals surface area contributed by atoms with Crippen LogP contribution in [0.15, 0.2) is 36.4 Å². The molecule has 1 saturated heterocycles. The molecule has 1 heterocycles. The molecular weight excluding hydrogens is 316 g/mol. The number of carbonyl (C=O) groups is 3. The van der Waals surface area contributed by atoms with Gasteiger partial charge < -0.3 is 5.32 Å². The molecule has 5 nitrogen and oxygen atoms in total. The predicted molar refractivity (Wildman–Crippen MR) is 93.5 cm³/mol. The fraction of sp³-hybridized carbons (Fsp3) is 0.450. The number of fused-ring (bicyclic) bond motifs is 1. The van der Waals surface area contributed by atoms with Gasteiger partial charge in [0.25, 0.3) is 0 Å². The van der Waals surface area contributed by atoms with E-state index in [-0.39, 0.29) is 54.4 Å². The maximum absolute atomic E-state index is 12.7. The highest BCUT2D eigenvalue weighted by molar-refractivity contribution is 6.06. The van der Waals surface area contributed by atoms with Crippen molar-refractivity contribution in [1.29, 1.82) is 0 Å². The van der Waals surface area contributed by atoms with Crippen molar-refractivity contribution < 1.29 is 14.4 Å². The number of rotatable bonds is 4. The van der Waals surface area contributed by atoms with E-state index in [1.54, 1.807) is 0 Å². The van der Waals surface area contributed by atoms with Gasteiger partial charge >= 0.3 is 0 Å². The number of hydrogen-bond donors (Lipinski definition) is 1. The molecule has 5 heteroatoms. The number of benzene rings is 1. The summed E-state index contributed by atoms with van der Waals surface area (Å²) in [6.45, 7) is 2.13. The SMILES string of the molecule is Cc1cccc(NC(=O)CCN2C(=O)[C@H]3[C@H](C2=O)[C@H]2C=C[C@H]3CC2)c1. The van der Waals surface area contributed by atoms with Gasteiger partial charge in [-0.15, -0.1) is 0 Å². The molecule has 25 heavy (non-hydrogen) atoms. The Labute approximate surface area is 147 Å². The van der Waals surface area contributed by atoms with Gasteiger partial charge in [0.1, 0.15) is 0 Å². The first-order valence-corrected chi connectivity index (χ1v) is 8.94. The zero-order valence-corrected chi connectivity index (χ0v) is 14.3. The number of allylic oxidation sites excluding steroid dienone is 2. The molecule has 0 spiro atoms. The van der Waals surface area contributed by atoms with Gasteiger partial charge in [-0.1, -0.05) is 24.3 Å². The van der Waals surface area contributed by atoms with E-state index in [1.807, 2.05) is 31.2 Å². The minimum atomic E-state index is -0.198. The van der Waals surface area contributed by atoms with Crippen LogP contribution < -0.4 is 5.32 Å². The number of amides is 3. The Morgan fingerprint density at radius 2 is 1.76 bits per heavy atom. The van der Waals surface area contributed by atoms with Gasteiger partial charge in [-0.2, -0.15) is 0 Å². The highest BCUT2D eigenvalue weighted by Gasteiger charge is 2.56. The molecule has 3 amide bonds. The van der Waals surface area contributed by atoms with E-state index in [0.29, 0.717) is 0 Å². The van der Waals surface area contributed by atoms with Crippen LogP contribution in [0, 0.1) is 30.6 Å². The first-order chi connectivity index (χ1) is 12.0. The molecule has 1 N–H and O–H groups in total. The van der Waals surface area contributed by atoms with Crippen LogP contribution in [0.2, 0.25) is 0 Å². The van der Waals surface area contributed by atoms with E-state index in [9.17, 15) is 14.4 Å². The van der Waals surface area contributed by atoms with Crippen LogP contribution in [0.1, 0.15) is 24.8 Å². The van der Waals surface area contributed by atoms with E-state index in [0.717, 1.165) is 24.1 Å². The molecule has 0 unspecified atom stereocenters. The lowest BCUT2D eigenvalue weighted by Crippen LogP contribution is -2.38. The second kappa shape index (κ2) is 6.14. The molecule has 3 aliphatic carbocycles. The quantitative estimate of drug-likeness (QED) is 0.678. The summed E-state index contributed by atoms with van der Waals surface area (Å²) in [5, 5.41) is 2.83. The fourth-order valence-corrected chi connectivity index (χ4v) is 4.52. The highest BCUT2D eigenvalue weighted by atomic mass is 16.2. The maximum atomic E-state index is 12.7. The third-order valence-electron chi connectivity index (χ3n) is 5.71. The second-order valence-corrected chi connectivity index (χ2v) is 7.34. The predicted octanol–water partition coefficient (Wildman–Crippen LogP) is 2.52. The van der Waals surface area contributed by atoms with Gasteiger partial charge in [0.05, 0.1) is 11.8 Å². The first-order valence-electron chi connectivity index (χ1n) is 8.94. The van der Waals surface area contributed by atoms with E-state index >= 15 is 0 Å². The number of aryl methyl sites for hydroxylation is 1. The minimum Gasteiger partial charge on any atom is -0.326 e. The van der Waals surface area contributed by atoms with Crippen molar-refractivity contribution in [3.63, 3.8) is 0 Å². The van der Waals surface area contributed by atoms with Gasteiger partial charge in [-0.3, -0.25) is 19.3 Å². The summed E-state index contributed by atoms with van der Waals surface area (Å²) < 4.78 is 0. The number of anilines is 1. The minimum absolute atomic E-state index is 0.0857. The monoisotopic (exact) mass is 338 g/mol. The normalized spacial score (nSPS) is 29.9. The molecule has 0 radical (unpaired) electrons. The third-order valence-corrected chi connectivity index (χ3v) is 5.71. The average Bonchev–Trinajstić information content (AvgIpc) is 2.87. The standard InChI is InChI=1S/C20H22N2O3/c1-12-3-2-4-15(11-12)21-16(23)9-10-22-19(24)17-13-5-6-14(8-7-13)18(17)20(22)25/h2-6,11,13-14,17-18H,7-10H2,1H3,(H,21,23)/t13-,14-,17+,18+/m0/s1. The average molecular weight is 338 g/mol. The maximum Gasteiger partial charge on any atom is 0.233 e. The largest absolute Gasteiger partial charge is 0.326 e. The number of carbonyl (C=O) groups excluding carboxylic acids is 3. The van der Waals surface area contributed by atoms with E-state index in [1.165, 1.54) is 4.90 Å². The molecule has 1 aromatic carbocycles. The number of nitrogens with zero attached hydrogens (tertiary/aromatic N) is 1. The van der Waals surface area contributed by atoms with Gasteiger partial charge in [-0.25, -0.2) is 0 Å². The van der Waals surface area contributed by atoms with E-state index < -0.39 is 0 Å². The molecule has 1 aliphatic heterocycles.